The molecule has 0 atom stereocenters. The van der Waals surface area contributed by atoms with Gasteiger partial charge < -0.3 is 20.1 Å². The molecule has 0 bridgehead atoms. The summed E-state index contributed by atoms with van der Waals surface area (Å²) in [6.07, 6.45) is 3.24. The second-order valence-corrected chi connectivity index (χ2v) is 6.16. The smallest absolute Gasteiger partial charge is 0.231 e. The molecule has 8 heteroatoms. The molecular weight excluding hydrogens is 356 g/mol. The fraction of sp³-hybridized carbons (Fsp3) is 0.100. The number of fused-ring (bicyclic) bond motifs is 2. The summed E-state index contributed by atoms with van der Waals surface area (Å²) >= 11 is 0. The molecule has 8 nitrogen and oxygen atoms in total. The van der Waals surface area contributed by atoms with Crippen molar-refractivity contribution in [3.05, 3.63) is 66.5 Å². The molecule has 0 spiro atoms. The Bertz CT molecular complexity index is 1140. The molecule has 5 rings (SSSR count). The molecule has 138 valence electrons. The van der Waals surface area contributed by atoms with E-state index >= 15 is 0 Å². The molecule has 0 radical (unpaired) electrons. The standard InChI is InChI=1S/C20H16N6O2/c1-2-4-14(5-3-1)24-19-17-18(22-9-8-21-17)25-20(26-19)23-11-13-6-7-15-16(10-13)28-12-27-15/h1-10H,11-12H2,(H2,22,23,24,25,26). The first kappa shape index (κ1) is 16.2. The van der Waals surface area contributed by atoms with Crippen molar-refractivity contribution in [1.29, 1.82) is 0 Å². The molecule has 2 aromatic heterocycles. The van der Waals surface area contributed by atoms with Crippen molar-refractivity contribution in [2.45, 2.75) is 6.54 Å². The van der Waals surface area contributed by atoms with Crippen molar-refractivity contribution in [2.24, 2.45) is 0 Å². The van der Waals surface area contributed by atoms with E-state index in [-0.39, 0.29) is 6.79 Å². The number of anilines is 3. The molecular formula is C20H16N6O2. The van der Waals surface area contributed by atoms with Crippen molar-refractivity contribution in [3.8, 4) is 11.5 Å². The minimum Gasteiger partial charge on any atom is -0.454 e. The topological polar surface area (TPSA) is 94.1 Å². The van der Waals surface area contributed by atoms with E-state index in [1.54, 1.807) is 12.4 Å². The van der Waals surface area contributed by atoms with Crippen LogP contribution in [0.15, 0.2) is 60.9 Å². The number of rotatable bonds is 5. The van der Waals surface area contributed by atoms with Gasteiger partial charge in [-0.05, 0) is 29.8 Å². The van der Waals surface area contributed by atoms with Gasteiger partial charge in [-0.25, -0.2) is 9.97 Å². The average Bonchev–Trinajstić information content (AvgIpc) is 3.21. The lowest BCUT2D eigenvalue weighted by Crippen LogP contribution is -2.07. The molecule has 2 aromatic carbocycles. The molecule has 1 aliphatic rings. The van der Waals surface area contributed by atoms with Crippen molar-refractivity contribution in [2.75, 3.05) is 17.4 Å². The summed E-state index contributed by atoms with van der Waals surface area (Å²) < 4.78 is 10.8. The number of para-hydroxylation sites is 1. The van der Waals surface area contributed by atoms with Gasteiger partial charge in [0.15, 0.2) is 28.5 Å². The first-order chi connectivity index (χ1) is 13.8. The third kappa shape index (κ3) is 3.23. The highest BCUT2D eigenvalue weighted by Gasteiger charge is 2.14. The van der Waals surface area contributed by atoms with Crippen LogP contribution in [-0.2, 0) is 6.54 Å². The highest BCUT2D eigenvalue weighted by atomic mass is 16.7. The molecule has 4 aromatic rings. The van der Waals surface area contributed by atoms with E-state index in [0.717, 1.165) is 22.7 Å². The van der Waals surface area contributed by atoms with E-state index in [2.05, 4.69) is 30.6 Å². The highest BCUT2D eigenvalue weighted by molar-refractivity contribution is 5.85. The van der Waals surface area contributed by atoms with Gasteiger partial charge in [0.25, 0.3) is 0 Å². The third-order valence-electron chi connectivity index (χ3n) is 4.26. The molecule has 2 N–H and O–H groups in total. The second-order valence-electron chi connectivity index (χ2n) is 6.16. The molecule has 1 aliphatic heterocycles. The zero-order chi connectivity index (χ0) is 18.8. The molecule has 0 fully saturated rings. The lowest BCUT2D eigenvalue weighted by Gasteiger charge is -2.11. The van der Waals surface area contributed by atoms with Crippen LogP contribution in [0.4, 0.5) is 17.5 Å². The Hall–Kier alpha value is -3.94. The number of nitrogens with one attached hydrogen (secondary N) is 2. The maximum atomic E-state index is 5.42. The molecule has 0 saturated carbocycles. The zero-order valence-electron chi connectivity index (χ0n) is 14.8. The molecule has 0 unspecified atom stereocenters. The number of nitrogens with zero attached hydrogens (tertiary/aromatic N) is 4. The van der Waals surface area contributed by atoms with Gasteiger partial charge in [-0.2, -0.15) is 9.97 Å². The summed E-state index contributed by atoms with van der Waals surface area (Å²) in [6, 6.07) is 15.6. The van der Waals surface area contributed by atoms with Crippen LogP contribution in [0, 0.1) is 0 Å². The van der Waals surface area contributed by atoms with E-state index in [4.69, 9.17) is 9.47 Å². The van der Waals surface area contributed by atoms with Gasteiger partial charge in [-0.15, -0.1) is 0 Å². The fourth-order valence-corrected chi connectivity index (χ4v) is 2.92. The van der Waals surface area contributed by atoms with Crippen molar-refractivity contribution < 1.29 is 9.47 Å². The van der Waals surface area contributed by atoms with E-state index in [1.165, 1.54) is 0 Å². The van der Waals surface area contributed by atoms with Crippen LogP contribution in [0.5, 0.6) is 11.5 Å². The van der Waals surface area contributed by atoms with Gasteiger partial charge in [-0.1, -0.05) is 24.3 Å². The Kier molecular flexibility index (Phi) is 4.06. The maximum Gasteiger partial charge on any atom is 0.231 e. The third-order valence-corrected chi connectivity index (χ3v) is 4.26. The lowest BCUT2D eigenvalue weighted by molar-refractivity contribution is 0.174. The normalized spacial score (nSPS) is 12.1. The quantitative estimate of drug-likeness (QED) is 0.550. The Morgan fingerprint density at radius 3 is 2.68 bits per heavy atom. The minimum absolute atomic E-state index is 0.257. The molecule has 0 amide bonds. The van der Waals surface area contributed by atoms with Crippen LogP contribution in [0.1, 0.15) is 5.56 Å². The molecule has 0 aliphatic carbocycles. The summed E-state index contributed by atoms with van der Waals surface area (Å²) in [4.78, 5) is 17.7. The van der Waals surface area contributed by atoms with E-state index in [1.807, 2.05) is 48.5 Å². The van der Waals surface area contributed by atoms with Crippen molar-refractivity contribution in [3.63, 3.8) is 0 Å². The van der Waals surface area contributed by atoms with Gasteiger partial charge in [0.2, 0.25) is 12.7 Å². The van der Waals surface area contributed by atoms with Crippen LogP contribution in [0.3, 0.4) is 0 Å². The largest absolute Gasteiger partial charge is 0.454 e. The Balaban J connectivity index is 1.43. The van der Waals surface area contributed by atoms with E-state index in [0.29, 0.717) is 29.5 Å². The number of hydrogen-bond acceptors (Lipinski definition) is 8. The highest BCUT2D eigenvalue weighted by Crippen LogP contribution is 2.32. The molecule has 0 saturated heterocycles. The second kappa shape index (κ2) is 6.99. The first-order valence-corrected chi connectivity index (χ1v) is 8.78. The average molecular weight is 372 g/mol. The number of benzene rings is 2. The van der Waals surface area contributed by atoms with Gasteiger partial charge in [0.05, 0.1) is 0 Å². The number of ether oxygens (including phenoxy) is 2. The summed E-state index contributed by atoms with van der Waals surface area (Å²) in [5.41, 5.74) is 3.07. The van der Waals surface area contributed by atoms with Crippen molar-refractivity contribution in [1.82, 2.24) is 19.9 Å². The van der Waals surface area contributed by atoms with Crippen LogP contribution in [-0.4, -0.2) is 26.7 Å². The Morgan fingerprint density at radius 2 is 1.75 bits per heavy atom. The van der Waals surface area contributed by atoms with E-state index < -0.39 is 0 Å². The molecule has 28 heavy (non-hydrogen) atoms. The SMILES string of the molecule is c1ccc(Nc2nc(NCc3ccc4c(c3)OCO4)nc3nccnc23)cc1. The van der Waals surface area contributed by atoms with Gasteiger partial charge in [0.1, 0.15) is 0 Å². The van der Waals surface area contributed by atoms with Crippen LogP contribution >= 0.6 is 0 Å². The zero-order valence-corrected chi connectivity index (χ0v) is 14.8. The fourth-order valence-electron chi connectivity index (χ4n) is 2.92. The summed E-state index contributed by atoms with van der Waals surface area (Å²) in [7, 11) is 0. The Morgan fingerprint density at radius 1 is 0.893 bits per heavy atom. The summed E-state index contributed by atoms with van der Waals surface area (Å²) in [6.45, 7) is 0.792. The van der Waals surface area contributed by atoms with Crippen molar-refractivity contribution >= 4 is 28.6 Å². The summed E-state index contributed by atoms with van der Waals surface area (Å²) in [5.74, 6) is 2.56. The summed E-state index contributed by atoms with van der Waals surface area (Å²) in [5, 5.41) is 6.53. The number of hydrogen-bond donors (Lipinski definition) is 2. The lowest BCUT2D eigenvalue weighted by atomic mass is 10.2. The van der Waals surface area contributed by atoms with Gasteiger partial charge >= 0.3 is 0 Å². The number of aromatic nitrogens is 4. The maximum absolute atomic E-state index is 5.42. The van der Waals surface area contributed by atoms with Crippen LogP contribution < -0.4 is 20.1 Å². The molecule has 3 heterocycles. The monoisotopic (exact) mass is 372 g/mol. The Labute approximate surface area is 160 Å². The van der Waals surface area contributed by atoms with E-state index in [9.17, 15) is 0 Å². The minimum atomic E-state index is 0.257. The predicted octanol–water partition coefficient (Wildman–Crippen LogP) is 3.50. The predicted molar refractivity (Wildman–Crippen MR) is 105 cm³/mol. The van der Waals surface area contributed by atoms with Gasteiger partial charge in [0, 0.05) is 24.6 Å². The first-order valence-electron chi connectivity index (χ1n) is 8.78. The van der Waals surface area contributed by atoms with Crippen LogP contribution in [0.2, 0.25) is 0 Å². The van der Waals surface area contributed by atoms with Gasteiger partial charge in [-0.3, -0.25) is 0 Å². The van der Waals surface area contributed by atoms with Crippen LogP contribution in [0.25, 0.3) is 11.2 Å².